The fourth-order valence-corrected chi connectivity index (χ4v) is 2.36. The lowest BCUT2D eigenvalue weighted by Gasteiger charge is -2.13. The van der Waals surface area contributed by atoms with Gasteiger partial charge in [-0.15, -0.1) is 0 Å². The van der Waals surface area contributed by atoms with E-state index >= 15 is 0 Å². The van der Waals surface area contributed by atoms with Crippen molar-refractivity contribution in [2.75, 3.05) is 13.7 Å². The Balaban J connectivity index is 2.35. The summed E-state index contributed by atoms with van der Waals surface area (Å²) in [6.07, 6.45) is 2.27. The summed E-state index contributed by atoms with van der Waals surface area (Å²) in [6, 6.07) is 3.92. The first-order valence-corrected chi connectivity index (χ1v) is 5.78. The summed E-state index contributed by atoms with van der Waals surface area (Å²) in [5.74, 6) is -0.0349. The van der Waals surface area contributed by atoms with Crippen molar-refractivity contribution in [1.29, 1.82) is 0 Å². The first-order chi connectivity index (χ1) is 7.22. The Kier molecular flexibility index (Phi) is 3.26. The summed E-state index contributed by atoms with van der Waals surface area (Å²) in [5, 5.41) is 3.37. The summed E-state index contributed by atoms with van der Waals surface area (Å²) in [4.78, 5) is 0. The Bertz CT molecular complexity index is 364. The number of benzene rings is 1. The van der Waals surface area contributed by atoms with E-state index in [1.165, 1.54) is 13.5 Å². The van der Waals surface area contributed by atoms with Gasteiger partial charge < -0.3 is 10.1 Å². The zero-order valence-electron chi connectivity index (χ0n) is 8.52. The van der Waals surface area contributed by atoms with E-state index in [0.717, 1.165) is 18.5 Å². The van der Waals surface area contributed by atoms with E-state index in [9.17, 15) is 4.39 Å². The molecule has 0 amide bonds. The van der Waals surface area contributed by atoms with Crippen LogP contribution in [0.25, 0.3) is 0 Å². The maximum Gasteiger partial charge on any atom is 0.179 e. The molecule has 0 aliphatic carbocycles. The van der Waals surface area contributed by atoms with Crippen LogP contribution in [0.4, 0.5) is 4.39 Å². The molecule has 2 rings (SSSR count). The van der Waals surface area contributed by atoms with Crippen LogP contribution in [0.5, 0.6) is 5.75 Å². The molecule has 0 spiro atoms. The highest BCUT2D eigenvalue weighted by Gasteiger charge is 2.19. The van der Waals surface area contributed by atoms with E-state index in [4.69, 9.17) is 4.74 Å². The second-order valence-corrected chi connectivity index (χ2v) is 4.52. The van der Waals surface area contributed by atoms with Gasteiger partial charge in [-0.05, 0) is 53.0 Å². The van der Waals surface area contributed by atoms with E-state index in [2.05, 4.69) is 21.2 Å². The van der Waals surface area contributed by atoms with Crippen molar-refractivity contribution in [3.05, 3.63) is 28.0 Å². The predicted molar refractivity (Wildman–Crippen MR) is 60.6 cm³/mol. The predicted octanol–water partition coefficient (Wildman–Crippen LogP) is 3.02. The van der Waals surface area contributed by atoms with Crippen LogP contribution in [0, 0.1) is 5.82 Å². The molecule has 1 atom stereocenters. The molecule has 0 radical (unpaired) electrons. The number of ether oxygens (including phenoxy) is 1. The molecule has 0 bridgehead atoms. The molecule has 1 saturated heterocycles. The van der Waals surface area contributed by atoms with Gasteiger partial charge >= 0.3 is 0 Å². The van der Waals surface area contributed by atoms with Crippen LogP contribution < -0.4 is 10.1 Å². The quantitative estimate of drug-likeness (QED) is 0.895. The van der Waals surface area contributed by atoms with Gasteiger partial charge in [0.05, 0.1) is 11.6 Å². The first-order valence-electron chi connectivity index (χ1n) is 4.98. The maximum atomic E-state index is 13.5. The highest BCUT2D eigenvalue weighted by Crippen LogP contribution is 2.32. The van der Waals surface area contributed by atoms with Crippen LogP contribution in [0.15, 0.2) is 16.6 Å². The second kappa shape index (κ2) is 4.49. The highest BCUT2D eigenvalue weighted by atomic mass is 79.9. The van der Waals surface area contributed by atoms with Crippen molar-refractivity contribution in [1.82, 2.24) is 5.32 Å². The lowest BCUT2D eigenvalue weighted by Crippen LogP contribution is -2.13. The van der Waals surface area contributed by atoms with Crippen LogP contribution in [0.3, 0.4) is 0 Å². The lowest BCUT2D eigenvalue weighted by molar-refractivity contribution is 0.384. The Morgan fingerprint density at radius 3 is 2.93 bits per heavy atom. The van der Waals surface area contributed by atoms with Crippen molar-refractivity contribution < 1.29 is 9.13 Å². The largest absolute Gasteiger partial charge is 0.494 e. The molecular weight excluding hydrogens is 261 g/mol. The van der Waals surface area contributed by atoms with Crippen LogP contribution >= 0.6 is 15.9 Å². The zero-order valence-corrected chi connectivity index (χ0v) is 10.1. The standard InChI is InChI=1S/C11H13BrFNO/c1-15-10-6-7(5-8(12)11(10)13)9-3-2-4-14-9/h5-6,9,14H,2-4H2,1H3. The number of hydrogen-bond donors (Lipinski definition) is 1. The minimum absolute atomic E-state index is 0.299. The number of halogens is 2. The smallest absolute Gasteiger partial charge is 0.179 e. The van der Waals surface area contributed by atoms with Gasteiger partial charge in [-0.2, -0.15) is 0 Å². The van der Waals surface area contributed by atoms with Gasteiger partial charge in [-0.3, -0.25) is 0 Å². The molecule has 82 valence electrons. The van der Waals surface area contributed by atoms with Gasteiger partial charge in [0, 0.05) is 6.04 Å². The van der Waals surface area contributed by atoms with Gasteiger partial charge in [-0.1, -0.05) is 0 Å². The Morgan fingerprint density at radius 1 is 1.53 bits per heavy atom. The van der Waals surface area contributed by atoms with E-state index < -0.39 is 0 Å². The van der Waals surface area contributed by atoms with Crippen LogP contribution in [0.1, 0.15) is 24.4 Å². The summed E-state index contributed by atoms with van der Waals surface area (Å²) < 4.78 is 18.9. The van der Waals surface area contributed by atoms with Crippen LogP contribution in [-0.4, -0.2) is 13.7 Å². The third-order valence-corrected chi connectivity index (χ3v) is 3.28. The molecule has 0 saturated carbocycles. The van der Waals surface area contributed by atoms with E-state index in [1.807, 2.05) is 6.07 Å². The molecule has 1 aromatic rings. The lowest BCUT2D eigenvalue weighted by atomic mass is 10.1. The van der Waals surface area contributed by atoms with Crippen molar-refractivity contribution in [3.63, 3.8) is 0 Å². The summed E-state index contributed by atoms with van der Waals surface area (Å²) in [5.41, 5.74) is 1.08. The Morgan fingerprint density at radius 2 is 2.33 bits per heavy atom. The van der Waals surface area contributed by atoms with Crippen molar-refractivity contribution in [2.45, 2.75) is 18.9 Å². The summed E-state index contributed by atoms with van der Waals surface area (Å²) >= 11 is 3.20. The minimum Gasteiger partial charge on any atom is -0.494 e. The SMILES string of the molecule is COc1cc(C2CCCN2)cc(Br)c1F. The highest BCUT2D eigenvalue weighted by molar-refractivity contribution is 9.10. The van der Waals surface area contributed by atoms with Crippen molar-refractivity contribution in [3.8, 4) is 5.75 Å². The average Bonchev–Trinajstić information content (AvgIpc) is 2.75. The van der Waals surface area contributed by atoms with Gasteiger partial charge in [0.15, 0.2) is 11.6 Å². The number of rotatable bonds is 2. The zero-order chi connectivity index (χ0) is 10.8. The molecule has 4 heteroatoms. The normalized spacial score (nSPS) is 20.6. The molecule has 1 heterocycles. The maximum absolute atomic E-state index is 13.5. The number of hydrogen-bond acceptors (Lipinski definition) is 2. The van der Waals surface area contributed by atoms with E-state index in [-0.39, 0.29) is 5.82 Å². The van der Waals surface area contributed by atoms with Gasteiger partial charge in [0.25, 0.3) is 0 Å². The van der Waals surface area contributed by atoms with Gasteiger partial charge in [0.1, 0.15) is 0 Å². The first kappa shape index (κ1) is 10.9. The molecule has 1 fully saturated rings. The average molecular weight is 274 g/mol. The molecule has 1 aliphatic heterocycles. The van der Waals surface area contributed by atoms with Crippen molar-refractivity contribution >= 4 is 15.9 Å². The van der Waals surface area contributed by atoms with Gasteiger partial charge in [0.2, 0.25) is 0 Å². The van der Waals surface area contributed by atoms with Crippen molar-refractivity contribution in [2.24, 2.45) is 0 Å². The topological polar surface area (TPSA) is 21.3 Å². The van der Waals surface area contributed by atoms with Gasteiger partial charge in [-0.25, -0.2) is 4.39 Å². The van der Waals surface area contributed by atoms with E-state index in [0.29, 0.717) is 16.3 Å². The molecule has 15 heavy (non-hydrogen) atoms. The molecule has 1 aromatic carbocycles. The third kappa shape index (κ3) is 2.16. The Hall–Kier alpha value is -0.610. The van der Waals surface area contributed by atoms with Crippen LogP contribution in [-0.2, 0) is 0 Å². The molecule has 2 nitrogen and oxygen atoms in total. The summed E-state index contributed by atoms with van der Waals surface area (Å²) in [7, 11) is 1.48. The number of nitrogens with one attached hydrogen (secondary N) is 1. The molecule has 0 aromatic heterocycles. The second-order valence-electron chi connectivity index (χ2n) is 3.67. The molecule has 1 aliphatic rings. The molecular formula is C11H13BrFNO. The number of methoxy groups -OCH3 is 1. The fourth-order valence-electron chi connectivity index (χ4n) is 1.90. The monoisotopic (exact) mass is 273 g/mol. The fraction of sp³-hybridized carbons (Fsp3) is 0.455. The minimum atomic E-state index is -0.334. The summed E-state index contributed by atoms with van der Waals surface area (Å²) in [6.45, 7) is 1.03. The van der Waals surface area contributed by atoms with Crippen LogP contribution in [0.2, 0.25) is 0 Å². The third-order valence-electron chi connectivity index (χ3n) is 2.70. The van der Waals surface area contributed by atoms with E-state index in [1.54, 1.807) is 6.07 Å². The molecule has 1 N–H and O–H groups in total. The molecule has 1 unspecified atom stereocenters. The Labute approximate surface area is 96.9 Å².